The van der Waals surface area contributed by atoms with Gasteiger partial charge in [-0.05, 0) is 39.5 Å². The van der Waals surface area contributed by atoms with Gasteiger partial charge in [-0.15, -0.1) is 0 Å². The van der Waals surface area contributed by atoms with Gasteiger partial charge in [0.25, 0.3) is 0 Å². The van der Waals surface area contributed by atoms with Crippen LogP contribution in [0.15, 0.2) is 9.52 Å². The molecule has 0 amide bonds. The van der Waals surface area contributed by atoms with Gasteiger partial charge in [0, 0.05) is 32.3 Å². The Balaban J connectivity index is 1.55. The number of guanidine groups is 1. The first-order valence-corrected chi connectivity index (χ1v) is 9.18. The molecule has 0 aromatic carbocycles. The Morgan fingerprint density at radius 1 is 1.21 bits per heavy atom. The van der Waals surface area contributed by atoms with E-state index in [1.165, 1.54) is 37.7 Å². The monoisotopic (exact) mass is 336 g/mol. The Morgan fingerprint density at radius 3 is 2.62 bits per heavy atom. The predicted molar refractivity (Wildman–Crippen MR) is 96.5 cm³/mol. The molecule has 0 unspecified atom stereocenters. The fraction of sp³-hybridized carbons (Fsp3) is 0.778. The van der Waals surface area contributed by atoms with E-state index in [-0.39, 0.29) is 0 Å². The lowest BCUT2D eigenvalue weighted by Gasteiger charge is -2.22. The molecule has 2 rings (SSSR count). The van der Waals surface area contributed by atoms with Crippen molar-refractivity contribution in [3.8, 4) is 0 Å². The Kier molecular flexibility index (Phi) is 8.08. The molecule has 24 heavy (non-hydrogen) atoms. The van der Waals surface area contributed by atoms with Crippen LogP contribution in [0, 0.1) is 13.8 Å². The van der Waals surface area contributed by atoms with E-state index in [1.54, 1.807) is 7.05 Å². The van der Waals surface area contributed by atoms with Gasteiger partial charge in [0.1, 0.15) is 5.76 Å². The van der Waals surface area contributed by atoms with E-state index in [9.17, 15) is 0 Å². The number of aryl methyl sites for hydroxylation is 2. The van der Waals surface area contributed by atoms with Gasteiger partial charge in [-0.2, -0.15) is 0 Å². The van der Waals surface area contributed by atoms with Crippen LogP contribution in [0.5, 0.6) is 0 Å². The highest BCUT2D eigenvalue weighted by molar-refractivity contribution is 5.79. The van der Waals surface area contributed by atoms with Gasteiger partial charge in [0.05, 0.1) is 11.8 Å². The molecule has 136 valence electrons. The van der Waals surface area contributed by atoms with E-state index < -0.39 is 0 Å². The third-order valence-electron chi connectivity index (χ3n) is 4.59. The maximum Gasteiger partial charge on any atom is 0.190 e. The fourth-order valence-corrected chi connectivity index (χ4v) is 3.15. The molecule has 0 bridgehead atoms. The zero-order chi connectivity index (χ0) is 17.2. The first kappa shape index (κ1) is 18.8. The van der Waals surface area contributed by atoms with Crippen molar-refractivity contribution < 1.29 is 9.26 Å². The summed E-state index contributed by atoms with van der Waals surface area (Å²) >= 11 is 0. The van der Waals surface area contributed by atoms with Crippen molar-refractivity contribution in [2.75, 3.05) is 26.7 Å². The second-order valence-electron chi connectivity index (χ2n) is 6.46. The minimum atomic E-state index is 0.492. The molecular weight excluding hydrogens is 304 g/mol. The van der Waals surface area contributed by atoms with Crippen molar-refractivity contribution in [1.82, 2.24) is 15.8 Å². The van der Waals surface area contributed by atoms with Crippen molar-refractivity contribution >= 4 is 5.96 Å². The molecule has 1 aliphatic carbocycles. The normalized spacial score (nSPS) is 16.4. The van der Waals surface area contributed by atoms with E-state index in [2.05, 4.69) is 20.8 Å². The van der Waals surface area contributed by atoms with Crippen LogP contribution >= 0.6 is 0 Å². The number of nitrogens with one attached hydrogen (secondary N) is 2. The smallest absolute Gasteiger partial charge is 0.190 e. The molecule has 1 fully saturated rings. The van der Waals surface area contributed by atoms with Crippen molar-refractivity contribution in [2.45, 2.75) is 64.9 Å². The van der Waals surface area contributed by atoms with Crippen LogP contribution in [0.2, 0.25) is 0 Å². The van der Waals surface area contributed by atoms with Crippen LogP contribution in [0.3, 0.4) is 0 Å². The molecule has 1 saturated carbocycles. The molecule has 0 saturated heterocycles. The van der Waals surface area contributed by atoms with Crippen LogP contribution < -0.4 is 10.6 Å². The molecule has 1 aliphatic rings. The molecule has 0 aliphatic heterocycles. The molecule has 6 nitrogen and oxygen atoms in total. The minimum absolute atomic E-state index is 0.492. The fourth-order valence-electron chi connectivity index (χ4n) is 3.15. The summed E-state index contributed by atoms with van der Waals surface area (Å²) < 4.78 is 11.1. The van der Waals surface area contributed by atoms with Crippen LogP contribution in [0.1, 0.15) is 55.5 Å². The number of ether oxygens (including phenoxy) is 1. The van der Waals surface area contributed by atoms with Gasteiger partial charge in [0.2, 0.25) is 0 Å². The highest BCUT2D eigenvalue weighted by Crippen LogP contribution is 2.20. The second kappa shape index (κ2) is 10.3. The van der Waals surface area contributed by atoms with Crippen LogP contribution in [-0.2, 0) is 11.2 Å². The largest absolute Gasteiger partial charge is 0.378 e. The van der Waals surface area contributed by atoms with Gasteiger partial charge in [-0.1, -0.05) is 24.4 Å². The Hall–Kier alpha value is -1.56. The molecule has 0 atom stereocenters. The first-order valence-electron chi connectivity index (χ1n) is 9.18. The number of aliphatic imine (C=N–C) groups is 1. The van der Waals surface area contributed by atoms with Gasteiger partial charge in [-0.25, -0.2) is 0 Å². The Bertz CT molecular complexity index is 488. The molecule has 1 aromatic heterocycles. The lowest BCUT2D eigenvalue weighted by Crippen LogP contribution is -2.39. The van der Waals surface area contributed by atoms with Crippen LogP contribution in [0.4, 0.5) is 0 Å². The van der Waals surface area contributed by atoms with E-state index >= 15 is 0 Å². The van der Waals surface area contributed by atoms with Crippen molar-refractivity contribution in [2.24, 2.45) is 4.99 Å². The molecular formula is C18H32N4O2. The average Bonchev–Trinajstić information content (AvgIpc) is 2.92. The van der Waals surface area contributed by atoms with Crippen LogP contribution in [-0.4, -0.2) is 44.0 Å². The lowest BCUT2D eigenvalue weighted by atomic mass is 9.98. The summed E-state index contributed by atoms with van der Waals surface area (Å²) in [5.41, 5.74) is 2.15. The average molecular weight is 336 g/mol. The van der Waals surface area contributed by atoms with Crippen molar-refractivity contribution in [3.63, 3.8) is 0 Å². The topological polar surface area (TPSA) is 71.7 Å². The van der Waals surface area contributed by atoms with Gasteiger partial charge >= 0.3 is 0 Å². The van der Waals surface area contributed by atoms with Gasteiger partial charge in [0.15, 0.2) is 5.96 Å². The molecule has 0 spiro atoms. The summed E-state index contributed by atoms with van der Waals surface area (Å²) in [6.07, 6.45) is 8.86. The summed E-state index contributed by atoms with van der Waals surface area (Å²) in [4.78, 5) is 4.25. The van der Waals surface area contributed by atoms with Crippen molar-refractivity contribution in [1.29, 1.82) is 0 Å². The Morgan fingerprint density at radius 2 is 1.96 bits per heavy atom. The lowest BCUT2D eigenvalue weighted by molar-refractivity contribution is 0.0277. The Labute approximate surface area is 145 Å². The third-order valence-corrected chi connectivity index (χ3v) is 4.59. The quantitative estimate of drug-likeness (QED) is 0.434. The molecule has 6 heteroatoms. The van der Waals surface area contributed by atoms with Crippen molar-refractivity contribution in [3.05, 3.63) is 17.0 Å². The molecule has 0 radical (unpaired) electrons. The number of hydrogen-bond acceptors (Lipinski definition) is 4. The zero-order valence-corrected chi connectivity index (χ0v) is 15.4. The number of nitrogens with zero attached hydrogens (tertiary/aromatic N) is 2. The van der Waals surface area contributed by atoms with Gasteiger partial charge in [-0.3, -0.25) is 4.99 Å². The predicted octanol–water partition coefficient (Wildman–Crippen LogP) is 2.74. The van der Waals surface area contributed by atoms with E-state index in [0.717, 1.165) is 50.0 Å². The highest BCUT2D eigenvalue weighted by atomic mass is 16.5. The summed E-state index contributed by atoms with van der Waals surface area (Å²) in [6, 6.07) is 0. The highest BCUT2D eigenvalue weighted by Gasteiger charge is 2.13. The van der Waals surface area contributed by atoms with E-state index in [4.69, 9.17) is 9.26 Å². The summed E-state index contributed by atoms with van der Waals surface area (Å²) in [5.74, 6) is 1.73. The molecule has 1 aromatic rings. The summed E-state index contributed by atoms with van der Waals surface area (Å²) in [6.45, 7) is 6.44. The second-order valence-corrected chi connectivity index (χ2v) is 6.46. The van der Waals surface area contributed by atoms with E-state index in [0.29, 0.717) is 6.10 Å². The maximum atomic E-state index is 5.94. The number of aromatic nitrogens is 1. The first-order chi connectivity index (χ1) is 11.7. The molecule has 2 N–H and O–H groups in total. The van der Waals surface area contributed by atoms with Crippen LogP contribution in [0.25, 0.3) is 0 Å². The molecule has 1 heterocycles. The standard InChI is InChI=1S/C18H32N4O2/c1-14-17(15(2)24-22-14)10-12-21-18(19-3)20-11-7-13-23-16-8-5-4-6-9-16/h16H,4-13H2,1-3H3,(H2,19,20,21). The van der Waals surface area contributed by atoms with Gasteiger partial charge < -0.3 is 19.9 Å². The SMILES string of the molecule is CN=C(NCCCOC1CCCCC1)NCCc1c(C)noc1C. The minimum Gasteiger partial charge on any atom is -0.378 e. The maximum absolute atomic E-state index is 5.94. The summed E-state index contributed by atoms with van der Waals surface area (Å²) in [7, 11) is 1.80. The summed E-state index contributed by atoms with van der Waals surface area (Å²) in [5, 5.41) is 10.6. The number of hydrogen-bond donors (Lipinski definition) is 2. The number of rotatable bonds is 8. The van der Waals surface area contributed by atoms with E-state index in [1.807, 2.05) is 13.8 Å². The zero-order valence-electron chi connectivity index (χ0n) is 15.4. The third kappa shape index (κ3) is 6.15.